The van der Waals surface area contributed by atoms with E-state index in [1.165, 1.54) is 0 Å². The molecule has 1 aliphatic rings. The summed E-state index contributed by atoms with van der Waals surface area (Å²) >= 11 is 0. The van der Waals surface area contributed by atoms with Crippen LogP contribution in [0, 0.1) is 22.7 Å². The van der Waals surface area contributed by atoms with Gasteiger partial charge >= 0.3 is 11.8 Å². The summed E-state index contributed by atoms with van der Waals surface area (Å²) in [7, 11) is 0. The van der Waals surface area contributed by atoms with Crippen LogP contribution in [0.1, 0.15) is 36.8 Å². The fourth-order valence-electron chi connectivity index (χ4n) is 3.58. The summed E-state index contributed by atoms with van der Waals surface area (Å²) in [6.07, 6.45) is 3.03. The van der Waals surface area contributed by atoms with E-state index in [9.17, 15) is 9.59 Å². The summed E-state index contributed by atoms with van der Waals surface area (Å²) in [5, 5.41) is 17.6. The molecule has 1 fully saturated rings. The Hall–Kier alpha value is -4.04. The maximum absolute atomic E-state index is 12.4. The van der Waals surface area contributed by atoms with Crippen LogP contribution in [0.15, 0.2) is 48.5 Å². The van der Waals surface area contributed by atoms with Gasteiger partial charge in [0, 0.05) is 26.2 Å². The summed E-state index contributed by atoms with van der Waals surface area (Å²) in [6, 6.07) is 18.0. The summed E-state index contributed by atoms with van der Waals surface area (Å²) < 4.78 is 11.3. The Kier molecular flexibility index (Phi) is 9.30. The lowest BCUT2D eigenvalue weighted by Gasteiger charge is -2.33. The Morgan fingerprint density at radius 1 is 0.647 bits per heavy atom. The monoisotopic (exact) mass is 460 g/mol. The molecular weight excluding hydrogens is 432 g/mol. The molecule has 0 N–H and O–H groups in total. The first-order valence-corrected chi connectivity index (χ1v) is 11.4. The Morgan fingerprint density at radius 2 is 1.03 bits per heavy atom. The average molecular weight is 461 g/mol. The van der Waals surface area contributed by atoms with Gasteiger partial charge in [-0.1, -0.05) is 0 Å². The lowest BCUT2D eigenvalue weighted by atomic mass is 10.2. The summed E-state index contributed by atoms with van der Waals surface area (Å²) in [5.41, 5.74) is 1.18. The van der Waals surface area contributed by atoms with Gasteiger partial charge in [0.25, 0.3) is 0 Å². The van der Waals surface area contributed by atoms with E-state index in [4.69, 9.17) is 20.0 Å². The van der Waals surface area contributed by atoms with Gasteiger partial charge in [-0.05, 0) is 74.2 Å². The van der Waals surface area contributed by atoms with Gasteiger partial charge in [0.2, 0.25) is 0 Å². The predicted molar refractivity (Wildman–Crippen MR) is 125 cm³/mol. The molecule has 3 rings (SSSR count). The van der Waals surface area contributed by atoms with Crippen LogP contribution >= 0.6 is 0 Å². The molecule has 2 amide bonds. The second-order valence-electron chi connectivity index (χ2n) is 7.97. The highest BCUT2D eigenvalue weighted by Gasteiger charge is 2.31. The third-order valence-corrected chi connectivity index (χ3v) is 5.55. The van der Waals surface area contributed by atoms with E-state index in [2.05, 4.69) is 12.1 Å². The number of nitrogens with zero attached hydrogens (tertiary/aromatic N) is 4. The second-order valence-corrected chi connectivity index (χ2v) is 7.97. The zero-order valence-electron chi connectivity index (χ0n) is 19.1. The van der Waals surface area contributed by atoms with Crippen molar-refractivity contribution in [1.29, 1.82) is 10.5 Å². The van der Waals surface area contributed by atoms with Crippen molar-refractivity contribution in [3.8, 4) is 23.6 Å². The normalized spacial score (nSPS) is 13.4. The molecule has 2 aromatic carbocycles. The predicted octanol–water partition coefficient (Wildman–Crippen LogP) is 3.12. The van der Waals surface area contributed by atoms with Crippen LogP contribution in [0.25, 0.3) is 0 Å². The van der Waals surface area contributed by atoms with Crippen LogP contribution < -0.4 is 9.47 Å². The highest BCUT2D eigenvalue weighted by Crippen LogP contribution is 2.14. The van der Waals surface area contributed by atoms with Gasteiger partial charge in [-0.2, -0.15) is 10.5 Å². The first-order chi connectivity index (χ1) is 16.6. The molecule has 2 aromatic rings. The second kappa shape index (κ2) is 12.9. The molecule has 0 aliphatic carbocycles. The number of piperazine rings is 1. The largest absolute Gasteiger partial charge is 0.494 e. The van der Waals surface area contributed by atoms with Gasteiger partial charge in [-0.3, -0.25) is 9.59 Å². The minimum atomic E-state index is -0.437. The van der Waals surface area contributed by atoms with Gasteiger partial charge in [-0.25, -0.2) is 0 Å². The first-order valence-electron chi connectivity index (χ1n) is 11.4. The third-order valence-electron chi connectivity index (χ3n) is 5.55. The molecule has 34 heavy (non-hydrogen) atoms. The van der Waals surface area contributed by atoms with Crippen molar-refractivity contribution in [1.82, 2.24) is 9.80 Å². The SMILES string of the molecule is N#Cc1ccc(OCCCCN2CCN(CCCCOc3ccc(C#N)cc3)C(=O)C2=O)cc1. The molecule has 0 atom stereocenters. The first kappa shape index (κ1) is 24.6. The molecule has 0 bridgehead atoms. The number of unbranched alkanes of at least 4 members (excludes halogenated alkanes) is 2. The van der Waals surface area contributed by atoms with Crippen molar-refractivity contribution in [2.45, 2.75) is 25.7 Å². The quantitative estimate of drug-likeness (QED) is 0.356. The number of rotatable bonds is 12. The van der Waals surface area contributed by atoms with Crippen LogP contribution in [0.4, 0.5) is 0 Å². The average Bonchev–Trinajstić information content (AvgIpc) is 2.88. The number of ether oxygens (including phenoxy) is 2. The Bertz CT molecular complexity index is 953. The lowest BCUT2D eigenvalue weighted by Crippen LogP contribution is -2.54. The highest BCUT2D eigenvalue weighted by molar-refractivity contribution is 6.35. The van der Waals surface area contributed by atoms with Crippen LogP contribution in [-0.2, 0) is 9.59 Å². The maximum Gasteiger partial charge on any atom is 0.312 e. The standard InChI is InChI=1S/C26H28N4O4/c27-19-21-5-9-23(10-6-21)33-17-3-1-13-29-15-16-30(26(32)25(29)31)14-2-4-18-34-24-11-7-22(20-28)8-12-24/h5-12H,1-4,13-18H2. The number of hydrogen-bond acceptors (Lipinski definition) is 6. The molecule has 1 heterocycles. The number of carbonyl (C=O) groups excluding carboxylic acids is 2. The maximum atomic E-state index is 12.4. The van der Waals surface area contributed by atoms with E-state index in [-0.39, 0.29) is 0 Å². The van der Waals surface area contributed by atoms with E-state index in [0.29, 0.717) is 62.0 Å². The van der Waals surface area contributed by atoms with Crippen molar-refractivity contribution in [2.75, 3.05) is 39.4 Å². The number of hydrogen-bond donors (Lipinski definition) is 0. The molecule has 176 valence electrons. The van der Waals surface area contributed by atoms with E-state index in [0.717, 1.165) is 25.7 Å². The molecule has 0 aromatic heterocycles. The number of benzene rings is 2. The van der Waals surface area contributed by atoms with Crippen LogP contribution in [0.5, 0.6) is 11.5 Å². The van der Waals surface area contributed by atoms with Crippen LogP contribution in [0.2, 0.25) is 0 Å². The number of nitriles is 2. The molecule has 0 radical (unpaired) electrons. The fourth-order valence-corrected chi connectivity index (χ4v) is 3.58. The van der Waals surface area contributed by atoms with Crippen molar-refractivity contribution >= 4 is 11.8 Å². The van der Waals surface area contributed by atoms with E-state index in [1.54, 1.807) is 58.3 Å². The molecular formula is C26H28N4O4. The number of carbonyl (C=O) groups is 2. The summed E-state index contributed by atoms with van der Waals surface area (Å²) in [5.74, 6) is 0.545. The Labute approximate surface area is 199 Å². The molecule has 8 nitrogen and oxygen atoms in total. The van der Waals surface area contributed by atoms with Gasteiger partial charge < -0.3 is 19.3 Å². The zero-order valence-corrected chi connectivity index (χ0v) is 19.1. The lowest BCUT2D eigenvalue weighted by molar-refractivity contribution is -0.156. The zero-order chi connectivity index (χ0) is 24.2. The number of amides is 2. The molecule has 1 saturated heterocycles. The van der Waals surface area contributed by atoms with E-state index >= 15 is 0 Å². The van der Waals surface area contributed by atoms with Crippen molar-refractivity contribution < 1.29 is 19.1 Å². The topological polar surface area (TPSA) is 107 Å². The Morgan fingerprint density at radius 3 is 1.38 bits per heavy atom. The molecule has 1 aliphatic heterocycles. The summed E-state index contributed by atoms with van der Waals surface area (Å²) in [6.45, 7) is 3.18. The molecule has 0 saturated carbocycles. The van der Waals surface area contributed by atoms with Crippen molar-refractivity contribution in [3.63, 3.8) is 0 Å². The van der Waals surface area contributed by atoms with Gasteiger partial charge in [0.15, 0.2) is 0 Å². The van der Waals surface area contributed by atoms with Gasteiger partial charge in [0.05, 0.1) is 36.5 Å². The highest BCUT2D eigenvalue weighted by atomic mass is 16.5. The fraction of sp³-hybridized carbons (Fsp3) is 0.385. The molecule has 0 unspecified atom stereocenters. The Balaban J connectivity index is 1.27. The van der Waals surface area contributed by atoms with Gasteiger partial charge in [0.1, 0.15) is 11.5 Å². The van der Waals surface area contributed by atoms with Crippen LogP contribution in [-0.4, -0.2) is 61.0 Å². The molecule has 8 heteroatoms. The summed E-state index contributed by atoms with van der Waals surface area (Å²) in [4.78, 5) is 28.1. The third kappa shape index (κ3) is 7.25. The van der Waals surface area contributed by atoms with Gasteiger partial charge in [-0.15, -0.1) is 0 Å². The minimum absolute atomic E-state index is 0.437. The van der Waals surface area contributed by atoms with E-state index in [1.807, 2.05) is 0 Å². The van der Waals surface area contributed by atoms with Crippen molar-refractivity contribution in [2.24, 2.45) is 0 Å². The smallest absolute Gasteiger partial charge is 0.312 e. The van der Waals surface area contributed by atoms with E-state index < -0.39 is 11.8 Å². The molecule has 0 spiro atoms. The van der Waals surface area contributed by atoms with Crippen LogP contribution in [0.3, 0.4) is 0 Å². The minimum Gasteiger partial charge on any atom is -0.494 e. The van der Waals surface area contributed by atoms with Crippen molar-refractivity contribution in [3.05, 3.63) is 59.7 Å².